The Morgan fingerprint density at radius 2 is 1.83 bits per heavy atom. The minimum absolute atomic E-state index is 0.337. The molecule has 11 heteroatoms. The second-order valence-electron chi connectivity index (χ2n) is 6.41. The summed E-state index contributed by atoms with van der Waals surface area (Å²) in [6.07, 6.45) is -5.42. The summed E-state index contributed by atoms with van der Waals surface area (Å²) in [6.45, 7) is 2.17. The zero-order valence-electron chi connectivity index (χ0n) is 15.8. The molecule has 6 nitrogen and oxygen atoms in total. The number of amides is 1. The number of carbonyl (C=O) groups is 2. The Hall–Kier alpha value is -2.52. The van der Waals surface area contributed by atoms with Gasteiger partial charge in [-0.2, -0.15) is 13.2 Å². The summed E-state index contributed by atoms with van der Waals surface area (Å²) >= 11 is 11.9. The normalized spacial score (nSPS) is 13.4. The van der Waals surface area contributed by atoms with Crippen LogP contribution in [0.5, 0.6) is 0 Å². The van der Waals surface area contributed by atoms with Crippen LogP contribution in [0.3, 0.4) is 0 Å². The monoisotopic (exact) mass is 464 g/mol. The van der Waals surface area contributed by atoms with Crippen molar-refractivity contribution in [3.05, 3.63) is 68.1 Å². The molecule has 30 heavy (non-hydrogen) atoms. The fourth-order valence-corrected chi connectivity index (χ4v) is 3.08. The van der Waals surface area contributed by atoms with E-state index in [4.69, 9.17) is 27.9 Å². The third kappa shape index (κ3) is 6.24. The number of hydrogen-bond donors (Lipinski definition) is 1. The summed E-state index contributed by atoms with van der Waals surface area (Å²) in [5.74, 6) is -1.70. The van der Waals surface area contributed by atoms with Crippen LogP contribution in [0, 0.1) is 0 Å². The minimum atomic E-state index is -4.67. The number of carbonyl (C=O) groups excluding carboxylic acids is 2. The van der Waals surface area contributed by atoms with Crippen LogP contribution in [0.2, 0.25) is 10.0 Å². The van der Waals surface area contributed by atoms with Gasteiger partial charge in [0.1, 0.15) is 6.54 Å². The molecule has 0 saturated heterocycles. The van der Waals surface area contributed by atoms with Crippen molar-refractivity contribution in [2.75, 3.05) is 0 Å². The molecule has 2 rings (SSSR count). The van der Waals surface area contributed by atoms with Gasteiger partial charge in [-0.3, -0.25) is 14.4 Å². The number of pyridine rings is 1. The molecule has 1 aromatic carbocycles. The third-order valence-electron chi connectivity index (χ3n) is 4.08. The molecule has 2 aromatic rings. The van der Waals surface area contributed by atoms with E-state index in [0.29, 0.717) is 38.5 Å². The number of esters is 1. The average molecular weight is 465 g/mol. The van der Waals surface area contributed by atoms with Crippen LogP contribution in [-0.4, -0.2) is 22.5 Å². The second-order valence-corrected chi connectivity index (χ2v) is 7.25. The van der Waals surface area contributed by atoms with Gasteiger partial charge in [-0.15, -0.1) is 0 Å². The summed E-state index contributed by atoms with van der Waals surface area (Å²) in [5.41, 5.74) is -1.32. The highest BCUT2D eigenvalue weighted by molar-refractivity contribution is 6.35. The van der Waals surface area contributed by atoms with Gasteiger partial charge in [0.2, 0.25) is 0 Å². The van der Waals surface area contributed by atoms with Gasteiger partial charge in [0.25, 0.3) is 11.5 Å². The summed E-state index contributed by atoms with van der Waals surface area (Å²) in [5, 5.41) is 3.37. The molecule has 1 N–H and O–H groups in total. The number of benzene rings is 1. The average Bonchev–Trinajstić information content (AvgIpc) is 2.62. The van der Waals surface area contributed by atoms with Crippen LogP contribution < -0.4 is 10.9 Å². The molecule has 0 aliphatic carbocycles. The van der Waals surface area contributed by atoms with Crippen molar-refractivity contribution in [3.8, 4) is 0 Å². The quantitative estimate of drug-likeness (QED) is 0.655. The Morgan fingerprint density at radius 3 is 2.43 bits per heavy atom. The van der Waals surface area contributed by atoms with Crippen LogP contribution in [0.1, 0.15) is 31.0 Å². The van der Waals surface area contributed by atoms with E-state index < -0.39 is 47.9 Å². The standard InChI is InChI=1S/C19H17Cl2F3N2O4/c1-10(14-5-4-13(20)7-15(14)21)25-18(29)11(2)30-17(28)9-26-8-12(19(22,23)24)3-6-16(26)27/h3-8,10-11H,9H2,1-2H3,(H,25,29)/t10-,11+/m1/s1. The summed E-state index contributed by atoms with van der Waals surface area (Å²) in [7, 11) is 0. The molecule has 0 aliphatic rings. The first-order valence-electron chi connectivity index (χ1n) is 8.61. The molecule has 1 amide bonds. The second kappa shape index (κ2) is 9.53. The molecule has 0 spiro atoms. The summed E-state index contributed by atoms with van der Waals surface area (Å²) < 4.78 is 43.8. The Labute approximate surface area is 179 Å². The lowest BCUT2D eigenvalue weighted by molar-refractivity contribution is -0.155. The van der Waals surface area contributed by atoms with E-state index in [-0.39, 0.29) is 0 Å². The lowest BCUT2D eigenvalue weighted by Crippen LogP contribution is -2.38. The molecule has 0 fully saturated rings. The first-order chi connectivity index (χ1) is 13.9. The fraction of sp³-hybridized carbons (Fsp3) is 0.316. The Balaban J connectivity index is 2.00. The number of alkyl halides is 3. The van der Waals surface area contributed by atoms with E-state index in [2.05, 4.69) is 5.32 Å². The van der Waals surface area contributed by atoms with Crippen molar-refractivity contribution >= 4 is 35.1 Å². The molecule has 1 heterocycles. The van der Waals surface area contributed by atoms with Crippen molar-refractivity contribution < 1.29 is 27.5 Å². The molecule has 162 valence electrons. The van der Waals surface area contributed by atoms with E-state index in [1.807, 2.05) is 0 Å². The minimum Gasteiger partial charge on any atom is -0.451 e. The van der Waals surface area contributed by atoms with Gasteiger partial charge >= 0.3 is 12.1 Å². The topological polar surface area (TPSA) is 77.4 Å². The lowest BCUT2D eigenvalue weighted by Gasteiger charge is -2.19. The number of halogens is 5. The highest BCUT2D eigenvalue weighted by Gasteiger charge is 2.31. The smallest absolute Gasteiger partial charge is 0.417 e. The number of rotatable bonds is 6. The van der Waals surface area contributed by atoms with E-state index in [0.717, 1.165) is 0 Å². The van der Waals surface area contributed by atoms with E-state index >= 15 is 0 Å². The number of nitrogens with zero attached hydrogens (tertiary/aromatic N) is 1. The molecule has 0 saturated carbocycles. The van der Waals surface area contributed by atoms with Gasteiger partial charge in [-0.1, -0.05) is 29.3 Å². The zero-order chi connectivity index (χ0) is 22.6. The van der Waals surface area contributed by atoms with Gasteiger partial charge < -0.3 is 14.6 Å². The molecule has 1 aromatic heterocycles. The first kappa shape index (κ1) is 23.8. The SMILES string of the molecule is C[C@H](OC(=O)Cn1cc(C(F)(F)F)ccc1=O)C(=O)N[C@H](C)c1ccc(Cl)cc1Cl. The van der Waals surface area contributed by atoms with Gasteiger partial charge in [-0.05, 0) is 37.6 Å². The molecular weight excluding hydrogens is 448 g/mol. The predicted octanol–water partition coefficient (Wildman–Crippen LogP) is 3.98. The van der Waals surface area contributed by atoms with Crippen molar-refractivity contribution in [3.63, 3.8) is 0 Å². The van der Waals surface area contributed by atoms with Crippen molar-refractivity contribution in [2.24, 2.45) is 0 Å². The highest BCUT2D eigenvalue weighted by Crippen LogP contribution is 2.28. The number of ether oxygens (including phenoxy) is 1. The van der Waals surface area contributed by atoms with Crippen LogP contribution in [0.25, 0.3) is 0 Å². The maximum absolute atomic E-state index is 12.8. The largest absolute Gasteiger partial charge is 0.451 e. The van der Waals surface area contributed by atoms with Crippen LogP contribution in [0.15, 0.2) is 41.3 Å². The predicted molar refractivity (Wildman–Crippen MR) is 104 cm³/mol. The van der Waals surface area contributed by atoms with Crippen LogP contribution in [-0.2, 0) is 27.0 Å². The van der Waals surface area contributed by atoms with Crippen molar-refractivity contribution in [1.82, 2.24) is 9.88 Å². The first-order valence-corrected chi connectivity index (χ1v) is 9.36. The Morgan fingerprint density at radius 1 is 1.17 bits per heavy atom. The van der Waals surface area contributed by atoms with Crippen molar-refractivity contribution in [2.45, 2.75) is 38.7 Å². The maximum atomic E-state index is 12.8. The highest BCUT2D eigenvalue weighted by atomic mass is 35.5. The van der Waals surface area contributed by atoms with E-state index in [1.165, 1.54) is 13.0 Å². The van der Waals surface area contributed by atoms with E-state index in [9.17, 15) is 27.6 Å². The zero-order valence-corrected chi connectivity index (χ0v) is 17.3. The van der Waals surface area contributed by atoms with Gasteiger partial charge in [-0.25, -0.2) is 0 Å². The molecule has 0 unspecified atom stereocenters. The summed E-state index contributed by atoms with van der Waals surface area (Å²) in [4.78, 5) is 36.0. The summed E-state index contributed by atoms with van der Waals surface area (Å²) in [6, 6.07) is 5.52. The van der Waals surface area contributed by atoms with Crippen LogP contribution in [0.4, 0.5) is 13.2 Å². The van der Waals surface area contributed by atoms with Gasteiger partial charge in [0.05, 0.1) is 11.6 Å². The van der Waals surface area contributed by atoms with Gasteiger partial charge in [0.15, 0.2) is 6.10 Å². The van der Waals surface area contributed by atoms with Crippen LogP contribution >= 0.6 is 23.2 Å². The molecule has 0 radical (unpaired) electrons. The van der Waals surface area contributed by atoms with E-state index in [1.54, 1.807) is 19.1 Å². The Bertz CT molecular complexity index is 1010. The molecule has 2 atom stereocenters. The number of aromatic nitrogens is 1. The van der Waals surface area contributed by atoms with Gasteiger partial charge in [0, 0.05) is 22.3 Å². The fourth-order valence-electron chi connectivity index (χ4n) is 2.51. The third-order valence-corrected chi connectivity index (χ3v) is 4.64. The lowest BCUT2D eigenvalue weighted by atomic mass is 10.1. The number of hydrogen-bond acceptors (Lipinski definition) is 4. The molecule has 0 bridgehead atoms. The molecule has 0 aliphatic heterocycles. The Kier molecular flexibility index (Phi) is 7.54. The maximum Gasteiger partial charge on any atom is 0.417 e. The molecular formula is C19H17Cl2F3N2O4. The number of nitrogens with one attached hydrogen (secondary N) is 1. The van der Waals surface area contributed by atoms with Crippen molar-refractivity contribution in [1.29, 1.82) is 0 Å².